The summed E-state index contributed by atoms with van der Waals surface area (Å²) in [7, 11) is 0. The van der Waals surface area contributed by atoms with Crippen LogP contribution >= 0.6 is 27.3 Å². The molecule has 0 N–H and O–H groups in total. The van der Waals surface area contributed by atoms with E-state index < -0.39 is 0 Å². The lowest BCUT2D eigenvalue weighted by Crippen LogP contribution is -2.30. The van der Waals surface area contributed by atoms with Crippen molar-refractivity contribution in [2.24, 2.45) is 0 Å². The van der Waals surface area contributed by atoms with Crippen LogP contribution in [0, 0.1) is 0 Å². The third-order valence-electron chi connectivity index (χ3n) is 3.42. The fourth-order valence-electron chi connectivity index (χ4n) is 2.53. The molecule has 2 aromatic heterocycles. The van der Waals surface area contributed by atoms with Crippen molar-refractivity contribution in [2.75, 3.05) is 6.54 Å². The number of aromatic nitrogens is 1. The number of hydrogen-bond donors (Lipinski definition) is 0. The second-order valence-electron chi connectivity index (χ2n) is 4.58. The molecule has 3 heterocycles. The third kappa shape index (κ3) is 2.58. The monoisotopic (exact) mass is 336 g/mol. The van der Waals surface area contributed by atoms with Gasteiger partial charge in [0.1, 0.15) is 0 Å². The maximum atomic E-state index is 12.5. The Morgan fingerprint density at radius 2 is 2.21 bits per heavy atom. The Kier molecular flexibility index (Phi) is 3.66. The molecule has 1 aliphatic heterocycles. The highest BCUT2D eigenvalue weighted by atomic mass is 79.9. The van der Waals surface area contributed by atoms with Gasteiger partial charge in [-0.05, 0) is 52.5 Å². The summed E-state index contributed by atoms with van der Waals surface area (Å²) < 4.78 is 0.996. The number of halogens is 1. The molecular weight excluding hydrogens is 324 g/mol. The number of rotatable bonds is 2. The third-order valence-corrected chi connectivity index (χ3v) is 4.92. The van der Waals surface area contributed by atoms with Gasteiger partial charge in [-0.3, -0.25) is 9.78 Å². The van der Waals surface area contributed by atoms with Gasteiger partial charge < -0.3 is 4.90 Å². The molecule has 3 rings (SSSR count). The van der Waals surface area contributed by atoms with Crippen LogP contribution in [-0.2, 0) is 0 Å². The van der Waals surface area contributed by atoms with Crippen LogP contribution in [0.3, 0.4) is 0 Å². The van der Waals surface area contributed by atoms with Crippen LogP contribution < -0.4 is 0 Å². The summed E-state index contributed by atoms with van der Waals surface area (Å²) in [6, 6.07) is 6.09. The van der Waals surface area contributed by atoms with E-state index in [0.29, 0.717) is 0 Å². The Labute approximate surface area is 124 Å². The summed E-state index contributed by atoms with van der Waals surface area (Å²) in [6.45, 7) is 0.833. The van der Waals surface area contributed by atoms with E-state index in [-0.39, 0.29) is 11.9 Å². The number of carbonyl (C=O) groups is 1. The van der Waals surface area contributed by atoms with E-state index in [4.69, 9.17) is 0 Å². The maximum absolute atomic E-state index is 12.5. The van der Waals surface area contributed by atoms with Gasteiger partial charge in [0.2, 0.25) is 0 Å². The summed E-state index contributed by atoms with van der Waals surface area (Å²) >= 11 is 4.96. The van der Waals surface area contributed by atoms with E-state index in [1.165, 1.54) is 5.56 Å². The molecule has 3 nitrogen and oxygen atoms in total. The Hall–Kier alpha value is -1.20. The quantitative estimate of drug-likeness (QED) is 0.833. The lowest BCUT2D eigenvalue weighted by molar-refractivity contribution is 0.0736. The van der Waals surface area contributed by atoms with Crippen molar-refractivity contribution in [1.82, 2.24) is 9.88 Å². The van der Waals surface area contributed by atoms with Crippen LogP contribution in [0.15, 0.2) is 39.8 Å². The molecule has 0 aromatic carbocycles. The minimum atomic E-state index is 0.126. The van der Waals surface area contributed by atoms with Gasteiger partial charge >= 0.3 is 0 Å². The molecule has 0 spiro atoms. The largest absolute Gasteiger partial charge is 0.332 e. The van der Waals surface area contributed by atoms with Crippen molar-refractivity contribution in [1.29, 1.82) is 0 Å². The molecule has 1 fully saturated rings. The molecule has 1 saturated heterocycles. The highest BCUT2D eigenvalue weighted by Crippen LogP contribution is 2.33. The maximum Gasteiger partial charge on any atom is 0.255 e. The van der Waals surface area contributed by atoms with Crippen LogP contribution in [0.1, 0.15) is 34.8 Å². The van der Waals surface area contributed by atoms with E-state index in [0.717, 1.165) is 28.7 Å². The Morgan fingerprint density at radius 3 is 2.89 bits per heavy atom. The van der Waals surface area contributed by atoms with Crippen LogP contribution in [-0.4, -0.2) is 22.3 Å². The minimum absolute atomic E-state index is 0.126. The van der Waals surface area contributed by atoms with Gasteiger partial charge in [0, 0.05) is 24.3 Å². The summed E-state index contributed by atoms with van der Waals surface area (Å²) in [6.07, 6.45) is 5.67. The first-order valence-corrected chi connectivity index (χ1v) is 7.88. The van der Waals surface area contributed by atoms with Crippen LogP contribution in [0.25, 0.3) is 0 Å². The average Bonchev–Trinajstić information content (AvgIpc) is 3.07. The number of likely N-dealkylation sites (tertiary alicyclic amines) is 1. The van der Waals surface area contributed by atoms with Crippen molar-refractivity contribution in [2.45, 2.75) is 18.9 Å². The van der Waals surface area contributed by atoms with Gasteiger partial charge in [0.25, 0.3) is 5.91 Å². The first kappa shape index (κ1) is 12.8. The molecule has 1 aliphatic rings. The molecule has 19 heavy (non-hydrogen) atoms. The Balaban J connectivity index is 1.86. The molecule has 0 aliphatic carbocycles. The molecule has 0 saturated carbocycles. The van der Waals surface area contributed by atoms with E-state index in [2.05, 4.69) is 20.9 Å². The molecular formula is C14H13BrN2OS. The summed E-state index contributed by atoms with van der Waals surface area (Å²) in [5.41, 5.74) is 1.95. The van der Waals surface area contributed by atoms with Gasteiger partial charge in [0.05, 0.1) is 15.4 Å². The van der Waals surface area contributed by atoms with Crippen molar-refractivity contribution < 1.29 is 4.79 Å². The number of hydrogen-bond acceptors (Lipinski definition) is 3. The molecule has 1 unspecified atom stereocenters. The molecule has 1 amide bonds. The number of thiophene rings is 1. The zero-order chi connectivity index (χ0) is 13.2. The van der Waals surface area contributed by atoms with Crippen molar-refractivity contribution in [3.63, 3.8) is 0 Å². The number of carbonyl (C=O) groups excluding carboxylic acids is 1. The fourth-order valence-corrected chi connectivity index (χ4v) is 3.66. The van der Waals surface area contributed by atoms with Gasteiger partial charge in [-0.1, -0.05) is 0 Å². The zero-order valence-electron chi connectivity index (χ0n) is 10.3. The van der Waals surface area contributed by atoms with Crippen LogP contribution in [0.4, 0.5) is 0 Å². The second kappa shape index (κ2) is 5.43. The van der Waals surface area contributed by atoms with Crippen molar-refractivity contribution in [3.05, 3.63) is 50.9 Å². The molecule has 0 radical (unpaired) electrons. The van der Waals surface area contributed by atoms with E-state index in [1.54, 1.807) is 23.7 Å². The van der Waals surface area contributed by atoms with Crippen molar-refractivity contribution >= 4 is 33.2 Å². The smallest absolute Gasteiger partial charge is 0.255 e. The van der Waals surface area contributed by atoms with Crippen LogP contribution in [0.5, 0.6) is 0 Å². The summed E-state index contributed by atoms with van der Waals surface area (Å²) in [5.74, 6) is 0.126. The van der Waals surface area contributed by atoms with Gasteiger partial charge in [-0.25, -0.2) is 0 Å². The normalized spacial score (nSPS) is 18.8. The van der Waals surface area contributed by atoms with Gasteiger partial charge in [0.15, 0.2) is 0 Å². The second-order valence-corrected chi connectivity index (χ2v) is 6.87. The van der Waals surface area contributed by atoms with E-state index in [9.17, 15) is 4.79 Å². The first-order valence-electron chi connectivity index (χ1n) is 6.20. The van der Waals surface area contributed by atoms with E-state index in [1.807, 2.05) is 28.5 Å². The highest BCUT2D eigenvalue weighted by Gasteiger charge is 2.30. The van der Waals surface area contributed by atoms with Gasteiger partial charge in [-0.15, -0.1) is 11.3 Å². The number of nitrogens with zero attached hydrogens (tertiary/aromatic N) is 2. The number of pyridine rings is 1. The van der Waals surface area contributed by atoms with Gasteiger partial charge in [-0.2, -0.15) is 0 Å². The minimum Gasteiger partial charge on any atom is -0.332 e. The van der Waals surface area contributed by atoms with E-state index >= 15 is 0 Å². The average molecular weight is 337 g/mol. The zero-order valence-corrected chi connectivity index (χ0v) is 12.7. The predicted molar refractivity (Wildman–Crippen MR) is 79.3 cm³/mol. The topological polar surface area (TPSA) is 33.2 Å². The first-order chi connectivity index (χ1) is 9.25. The predicted octanol–water partition coefficient (Wildman–Crippen LogP) is 3.88. The Bertz CT molecular complexity index is 584. The lowest BCUT2D eigenvalue weighted by Gasteiger charge is -2.24. The molecule has 98 valence electrons. The standard InChI is InChI=1S/C14H13BrN2OS/c15-13-8-11(9-19-13)14(18)17-7-1-2-12(17)10-3-5-16-6-4-10/h3-6,8-9,12H,1-2,7H2. The molecule has 0 bridgehead atoms. The van der Waals surface area contributed by atoms with Crippen molar-refractivity contribution in [3.8, 4) is 0 Å². The SMILES string of the molecule is O=C(c1csc(Br)c1)N1CCCC1c1ccncc1. The molecule has 5 heteroatoms. The fraction of sp³-hybridized carbons (Fsp3) is 0.286. The molecule has 2 aromatic rings. The summed E-state index contributed by atoms with van der Waals surface area (Å²) in [5, 5.41) is 1.91. The summed E-state index contributed by atoms with van der Waals surface area (Å²) in [4.78, 5) is 18.6. The molecule has 1 atom stereocenters. The number of amides is 1. The highest BCUT2D eigenvalue weighted by molar-refractivity contribution is 9.11. The Morgan fingerprint density at radius 1 is 1.42 bits per heavy atom. The van der Waals surface area contributed by atoms with Crippen LogP contribution in [0.2, 0.25) is 0 Å². The lowest BCUT2D eigenvalue weighted by atomic mass is 10.1.